The van der Waals surface area contributed by atoms with Gasteiger partial charge in [-0.2, -0.15) is 0 Å². The molecule has 0 aromatic heterocycles. The topological polar surface area (TPSA) is 55.4 Å². The van der Waals surface area contributed by atoms with Crippen LogP contribution in [0.15, 0.2) is 28.7 Å². The summed E-state index contributed by atoms with van der Waals surface area (Å²) in [6.45, 7) is 0. The Labute approximate surface area is 120 Å². The zero-order valence-electron chi connectivity index (χ0n) is 10.7. The fourth-order valence-corrected chi connectivity index (χ4v) is 2.10. The van der Waals surface area contributed by atoms with E-state index in [1.165, 1.54) is 7.11 Å². The van der Waals surface area contributed by atoms with E-state index in [0.717, 1.165) is 22.9 Å². The van der Waals surface area contributed by atoms with Crippen LogP contribution >= 0.6 is 15.9 Å². The maximum atomic E-state index is 11.9. The van der Waals surface area contributed by atoms with E-state index in [0.29, 0.717) is 0 Å². The third-order valence-electron chi connectivity index (χ3n) is 3.14. The van der Waals surface area contributed by atoms with Gasteiger partial charge in [-0.05, 0) is 30.5 Å². The van der Waals surface area contributed by atoms with Crippen LogP contribution in [0.3, 0.4) is 0 Å². The minimum atomic E-state index is -0.330. The first-order chi connectivity index (χ1) is 9.10. The number of hydrogen-bond acceptors (Lipinski definition) is 3. The monoisotopic (exact) mass is 325 g/mol. The molecule has 1 aromatic carbocycles. The van der Waals surface area contributed by atoms with E-state index >= 15 is 0 Å². The summed E-state index contributed by atoms with van der Waals surface area (Å²) in [6.07, 6.45) is 2.03. The van der Waals surface area contributed by atoms with E-state index in [1.54, 1.807) is 0 Å². The van der Waals surface area contributed by atoms with Gasteiger partial charge in [0.2, 0.25) is 5.91 Å². The minimum absolute atomic E-state index is 0.0248. The first kappa shape index (κ1) is 14.1. The summed E-state index contributed by atoms with van der Waals surface area (Å²) in [5, 5.41) is 2.92. The third kappa shape index (κ3) is 4.06. The van der Waals surface area contributed by atoms with Crippen molar-refractivity contribution in [3.63, 3.8) is 0 Å². The average Bonchev–Trinajstić information content (AvgIpc) is 3.23. The molecule has 2 rings (SSSR count). The molecule has 0 bridgehead atoms. The van der Waals surface area contributed by atoms with Gasteiger partial charge in [-0.3, -0.25) is 9.59 Å². The molecule has 0 saturated heterocycles. The van der Waals surface area contributed by atoms with Crippen LogP contribution in [0.1, 0.15) is 30.9 Å². The lowest BCUT2D eigenvalue weighted by atomic mass is 10.0. The SMILES string of the molecule is COC(=O)CC(NC(=O)C1CC1)c1ccc(Br)cc1. The summed E-state index contributed by atoms with van der Waals surface area (Å²) >= 11 is 3.36. The van der Waals surface area contributed by atoms with Crippen molar-refractivity contribution in [3.8, 4) is 0 Å². The van der Waals surface area contributed by atoms with Crippen molar-refractivity contribution in [1.82, 2.24) is 5.32 Å². The molecule has 102 valence electrons. The highest BCUT2D eigenvalue weighted by Gasteiger charge is 2.31. The van der Waals surface area contributed by atoms with Crippen LogP contribution in [0.4, 0.5) is 0 Å². The number of hydrogen-bond donors (Lipinski definition) is 1. The van der Waals surface area contributed by atoms with Crippen molar-refractivity contribution >= 4 is 27.8 Å². The summed E-state index contributed by atoms with van der Waals surface area (Å²) in [4.78, 5) is 23.3. The molecule has 0 spiro atoms. The summed E-state index contributed by atoms with van der Waals surface area (Å²) in [5.74, 6) is -0.184. The van der Waals surface area contributed by atoms with Gasteiger partial charge < -0.3 is 10.1 Å². The van der Waals surface area contributed by atoms with E-state index in [2.05, 4.69) is 26.0 Å². The summed E-state index contributed by atoms with van der Waals surface area (Å²) < 4.78 is 5.64. The molecule has 1 amide bonds. The van der Waals surface area contributed by atoms with Gasteiger partial charge in [-0.25, -0.2) is 0 Å². The van der Waals surface area contributed by atoms with Crippen LogP contribution in [-0.4, -0.2) is 19.0 Å². The number of nitrogens with one attached hydrogen (secondary N) is 1. The Morgan fingerprint density at radius 2 is 2.00 bits per heavy atom. The van der Waals surface area contributed by atoms with E-state index in [1.807, 2.05) is 24.3 Å². The highest BCUT2D eigenvalue weighted by atomic mass is 79.9. The summed E-state index contributed by atoms with van der Waals surface area (Å²) in [7, 11) is 1.35. The van der Waals surface area contributed by atoms with Gasteiger partial charge in [0.25, 0.3) is 0 Å². The lowest BCUT2D eigenvalue weighted by Crippen LogP contribution is -2.31. The quantitative estimate of drug-likeness (QED) is 0.846. The molecule has 1 unspecified atom stereocenters. The van der Waals surface area contributed by atoms with Crippen molar-refractivity contribution in [3.05, 3.63) is 34.3 Å². The first-order valence-electron chi connectivity index (χ1n) is 6.23. The lowest BCUT2D eigenvalue weighted by molar-refractivity contribution is -0.141. The molecule has 0 heterocycles. The van der Waals surface area contributed by atoms with E-state index in [4.69, 9.17) is 0 Å². The number of rotatable bonds is 5. The Kier molecular flexibility index (Phi) is 4.58. The highest BCUT2D eigenvalue weighted by molar-refractivity contribution is 9.10. The first-order valence-corrected chi connectivity index (χ1v) is 7.02. The fourth-order valence-electron chi connectivity index (χ4n) is 1.83. The second-order valence-electron chi connectivity index (χ2n) is 4.67. The second-order valence-corrected chi connectivity index (χ2v) is 5.58. The van der Waals surface area contributed by atoms with Crippen LogP contribution in [0, 0.1) is 5.92 Å². The largest absolute Gasteiger partial charge is 0.469 e. The van der Waals surface area contributed by atoms with Gasteiger partial charge in [0, 0.05) is 10.4 Å². The maximum Gasteiger partial charge on any atom is 0.307 e. The predicted octanol–water partition coefficient (Wildman–Crippen LogP) is 2.58. The fraction of sp³-hybridized carbons (Fsp3) is 0.429. The van der Waals surface area contributed by atoms with Gasteiger partial charge in [0.05, 0.1) is 19.6 Å². The number of benzene rings is 1. The van der Waals surface area contributed by atoms with Crippen LogP contribution in [0.5, 0.6) is 0 Å². The molecule has 0 aliphatic heterocycles. The van der Waals surface area contributed by atoms with Crippen molar-refractivity contribution in [1.29, 1.82) is 0 Å². The molecule has 0 radical (unpaired) electrons. The molecule has 4 nitrogen and oxygen atoms in total. The Morgan fingerprint density at radius 3 is 2.53 bits per heavy atom. The van der Waals surface area contributed by atoms with Crippen molar-refractivity contribution in [2.45, 2.75) is 25.3 Å². The van der Waals surface area contributed by atoms with Crippen LogP contribution in [-0.2, 0) is 14.3 Å². The standard InChI is InChI=1S/C14H16BrNO3/c1-19-13(17)8-12(16-14(18)10-2-3-10)9-4-6-11(15)7-5-9/h4-7,10,12H,2-3,8H2,1H3,(H,16,18). The third-order valence-corrected chi connectivity index (χ3v) is 3.66. The van der Waals surface area contributed by atoms with Gasteiger partial charge in [-0.1, -0.05) is 28.1 Å². The smallest absolute Gasteiger partial charge is 0.307 e. The van der Waals surface area contributed by atoms with Crippen molar-refractivity contribution < 1.29 is 14.3 Å². The number of halogens is 1. The van der Waals surface area contributed by atoms with Gasteiger partial charge in [0.1, 0.15) is 0 Å². The minimum Gasteiger partial charge on any atom is -0.469 e. The van der Waals surface area contributed by atoms with Crippen LogP contribution in [0.2, 0.25) is 0 Å². The number of carbonyl (C=O) groups is 2. The summed E-state index contributed by atoms with van der Waals surface area (Å²) in [6, 6.07) is 7.25. The number of methoxy groups -OCH3 is 1. The Bertz CT molecular complexity index is 468. The normalized spacial score (nSPS) is 15.7. The number of esters is 1. The number of ether oxygens (including phenoxy) is 1. The zero-order chi connectivity index (χ0) is 13.8. The average molecular weight is 326 g/mol. The highest BCUT2D eigenvalue weighted by Crippen LogP contribution is 2.30. The molecular weight excluding hydrogens is 310 g/mol. The molecule has 1 N–H and O–H groups in total. The second kappa shape index (κ2) is 6.19. The van der Waals surface area contributed by atoms with Gasteiger partial charge in [0.15, 0.2) is 0 Å². The molecule has 1 saturated carbocycles. The van der Waals surface area contributed by atoms with Crippen molar-refractivity contribution in [2.75, 3.05) is 7.11 Å². The molecule has 5 heteroatoms. The van der Waals surface area contributed by atoms with E-state index < -0.39 is 0 Å². The number of carbonyl (C=O) groups excluding carboxylic acids is 2. The van der Waals surface area contributed by atoms with Crippen LogP contribution < -0.4 is 5.32 Å². The summed E-state index contributed by atoms with van der Waals surface area (Å²) in [5.41, 5.74) is 0.905. The molecule has 1 aliphatic carbocycles. The van der Waals surface area contributed by atoms with Gasteiger partial charge >= 0.3 is 5.97 Å². The Morgan fingerprint density at radius 1 is 1.37 bits per heavy atom. The lowest BCUT2D eigenvalue weighted by Gasteiger charge is -2.18. The van der Waals surface area contributed by atoms with E-state index in [9.17, 15) is 9.59 Å². The molecule has 1 aliphatic rings. The Hall–Kier alpha value is -1.36. The van der Waals surface area contributed by atoms with Gasteiger partial charge in [-0.15, -0.1) is 0 Å². The van der Waals surface area contributed by atoms with Crippen LogP contribution in [0.25, 0.3) is 0 Å². The maximum absolute atomic E-state index is 11.9. The Balaban J connectivity index is 2.09. The van der Waals surface area contributed by atoms with E-state index in [-0.39, 0.29) is 30.3 Å². The molecule has 1 atom stereocenters. The number of amides is 1. The zero-order valence-corrected chi connectivity index (χ0v) is 12.3. The molecule has 1 fully saturated rings. The predicted molar refractivity (Wildman–Crippen MR) is 74.4 cm³/mol. The molecule has 1 aromatic rings. The van der Waals surface area contributed by atoms with Crippen molar-refractivity contribution in [2.24, 2.45) is 5.92 Å². The molecule has 19 heavy (non-hydrogen) atoms. The molecular formula is C14H16BrNO3.